The van der Waals surface area contributed by atoms with E-state index < -0.39 is 5.97 Å². The molecule has 2 aromatic carbocycles. The minimum absolute atomic E-state index is 0.0576. The van der Waals surface area contributed by atoms with Gasteiger partial charge in [0.2, 0.25) is 0 Å². The first-order valence-electron chi connectivity index (χ1n) is 11.6. The molecule has 1 N–H and O–H groups in total. The van der Waals surface area contributed by atoms with Gasteiger partial charge in [-0.2, -0.15) is 0 Å². The second kappa shape index (κ2) is 10.2. The number of ether oxygens (including phenoxy) is 1. The van der Waals surface area contributed by atoms with Gasteiger partial charge in [0.15, 0.2) is 0 Å². The molecule has 176 valence electrons. The zero-order valence-electron chi connectivity index (χ0n) is 19.8. The summed E-state index contributed by atoms with van der Waals surface area (Å²) in [6.45, 7) is 5.34. The summed E-state index contributed by atoms with van der Waals surface area (Å²) in [5.74, 6) is 0.350. The molecule has 4 rings (SSSR count). The van der Waals surface area contributed by atoms with Crippen LogP contribution in [0.5, 0.6) is 0 Å². The Morgan fingerprint density at radius 2 is 2.00 bits per heavy atom. The largest absolute Gasteiger partial charge is 0.481 e. The zero-order valence-corrected chi connectivity index (χ0v) is 20.6. The van der Waals surface area contributed by atoms with Crippen LogP contribution in [0.1, 0.15) is 43.5 Å². The molecule has 0 radical (unpaired) electrons. The molecule has 1 fully saturated rings. The van der Waals surface area contributed by atoms with Crippen LogP contribution in [-0.2, 0) is 16.6 Å². The number of carboxylic acids is 1. The number of aromatic nitrogens is 2. The van der Waals surface area contributed by atoms with Crippen LogP contribution < -0.4 is 4.31 Å². The summed E-state index contributed by atoms with van der Waals surface area (Å²) in [4.78, 5) is 17.8. The predicted molar refractivity (Wildman–Crippen MR) is 134 cm³/mol. The first kappa shape index (κ1) is 23.6. The third kappa shape index (κ3) is 5.20. The molecule has 0 aliphatic heterocycles. The van der Waals surface area contributed by atoms with Crippen molar-refractivity contribution in [1.82, 2.24) is 9.55 Å². The van der Waals surface area contributed by atoms with Gasteiger partial charge in [0.05, 0.1) is 17.0 Å². The van der Waals surface area contributed by atoms with E-state index in [1.165, 1.54) is 0 Å². The number of hydrogen-bond acceptors (Lipinski definition) is 5. The molecule has 0 bridgehead atoms. The highest BCUT2D eigenvalue weighted by Gasteiger charge is 2.36. The van der Waals surface area contributed by atoms with Crippen molar-refractivity contribution in [3.8, 4) is 0 Å². The van der Waals surface area contributed by atoms with Crippen LogP contribution in [0.4, 0.5) is 5.69 Å². The van der Waals surface area contributed by atoms with Crippen LogP contribution in [-0.4, -0.2) is 40.9 Å². The van der Waals surface area contributed by atoms with Crippen LogP contribution in [0.3, 0.4) is 0 Å². The van der Waals surface area contributed by atoms with E-state index in [1.807, 2.05) is 27.9 Å². The van der Waals surface area contributed by atoms with Crippen LogP contribution in [0.2, 0.25) is 0 Å². The molecule has 3 atom stereocenters. The van der Waals surface area contributed by atoms with Gasteiger partial charge >= 0.3 is 5.97 Å². The summed E-state index contributed by atoms with van der Waals surface area (Å²) in [6, 6.07) is 14.7. The van der Waals surface area contributed by atoms with Crippen LogP contribution in [0.25, 0.3) is 11.0 Å². The standard InChI is InChI=1S/C26H33N3O3S/c1-5-32-16-18-6-12-22(23(14-18)26(30)31)19-7-9-20(10-8-19)29(4)33-21-11-13-25-24(15-21)27-17(2)28(25)3/h7-11,13,15,18,22-23H,5-6,12,14,16H2,1-4H3,(H,30,31)/t18-,22-,23?/m0/s1. The van der Waals surface area contributed by atoms with Crippen molar-refractivity contribution < 1.29 is 14.6 Å². The molecule has 1 heterocycles. The van der Waals surface area contributed by atoms with Gasteiger partial charge in [0, 0.05) is 37.9 Å². The quantitative estimate of drug-likeness (QED) is 0.432. The average molecular weight is 468 g/mol. The minimum Gasteiger partial charge on any atom is -0.481 e. The van der Waals surface area contributed by atoms with Crippen molar-refractivity contribution in [1.29, 1.82) is 0 Å². The third-order valence-electron chi connectivity index (χ3n) is 6.84. The van der Waals surface area contributed by atoms with Crippen LogP contribution >= 0.6 is 11.9 Å². The van der Waals surface area contributed by atoms with Gasteiger partial charge in [0.25, 0.3) is 0 Å². The van der Waals surface area contributed by atoms with E-state index in [4.69, 9.17) is 4.74 Å². The molecule has 1 aliphatic carbocycles. The second-order valence-corrected chi connectivity index (χ2v) is 10.1. The van der Waals surface area contributed by atoms with Gasteiger partial charge < -0.3 is 18.7 Å². The highest BCUT2D eigenvalue weighted by atomic mass is 32.2. The van der Waals surface area contributed by atoms with E-state index in [-0.39, 0.29) is 11.8 Å². The number of carboxylic acid groups (broad SMARTS) is 1. The lowest BCUT2D eigenvalue weighted by Gasteiger charge is -2.34. The lowest BCUT2D eigenvalue weighted by atomic mass is 9.71. The highest BCUT2D eigenvalue weighted by molar-refractivity contribution is 8.00. The Morgan fingerprint density at radius 3 is 2.70 bits per heavy atom. The van der Waals surface area contributed by atoms with Crippen LogP contribution in [0.15, 0.2) is 47.4 Å². The topological polar surface area (TPSA) is 67.6 Å². The van der Waals surface area contributed by atoms with E-state index in [1.54, 1.807) is 11.9 Å². The smallest absolute Gasteiger partial charge is 0.307 e. The molecule has 3 aromatic rings. The van der Waals surface area contributed by atoms with Gasteiger partial charge in [-0.25, -0.2) is 4.98 Å². The molecule has 6 nitrogen and oxygen atoms in total. The van der Waals surface area contributed by atoms with Crippen molar-refractivity contribution in [3.63, 3.8) is 0 Å². The van der Waals surface area contributed by atoms with Crippen molar-refractivity contribution >= 4 is 34.6 Å². The maximum absolute atomic E-state index is 12.0. The highest BCUT2D eigenvalue weighted by Crippen LogP contribution is 2.41. The number of rotatable bonds is 8. The molecular formula is C26H33N3O3S. The average Bonchev–Trinajstić information content (AvgIpc) is 3.10. The zero-order chi connectivity index (χ0) is 23.5. The number of nitrogens with zero attached hydrogens (tertiary/aromatic N) is 3. The van der Waals surface area contributed by atoms with E-state index >= 15 is 0 Å². The number of aryl methyl sites for hydroxylation is 2. The Kier molecular flexibility index (Phi) is 7.29. The molecule has 0 amide bonds. The van der Waals surface area contributed by atoms with Gasteiger partial charge in [-0.15, -0.1) is 0 Å². The molecule has 33 heavy (non-hydrogen) atoms. The monoisotopic (exact) mass is 467 g/mol. The number of anilines is 1. The predicted octanol–water partition coefficient (Wildman–Crippen LogP) is 5.65. The van der Waals surface area contributed by atoms with E-state index in [0.29, 0.717) is 25.6 Å². The molecule has 1 unspecified atom stereocenters. The Morgan fingerprint density at radius 1 is 1.24 bits per heavy atom. The third-order valence-corrected chi connectivity index (χ3v) is 7.79. The van der Waals surface area contributed by atoms with Crippen molar-refractivity contribution in [2.45, 2.75) is 43.9 Å². The summed E-state index contributed by atoms with van der Waals surface area (Å²) >= 11 is 1.66. The number of aliphatic carboxylic acids is 1. The first-order chi connectivity index (χ1) is 15.9. The number of carbonyl (C=O) groups is 1. The van der Waals surface area contributed by atoms with Gasteiger partial charge in [-0.05, 0) is 92.8 Å². The van der Waals surface area contributed by atoms with Crippen molar-refractivity contribution in [3.05, 3.63) is 53.9 Å². The number of benzene rings is 2. The second-order valence-electron chi connectivity index (χ2n) is 8.94. The SMILES string of the molecule is CCOC[C@H]1CC[C@@H](c2ccc(N(C)Sc3ccc4c(c3)nc(C)n4C)cc2)C(C(=O)O)C1. The Bertz CT molecular complexity index is 1110. The Labute approximate surface area is 200 Å². The van der Waals surface area contributed by atoms with Crippen molar-refractivity contribution in [2.24, 2.45) is 18.9 Å². The summed E-state index contributed by atoms with van der Waals surface area (Å²) in [7, 11) is 4.08. The number of fused-ring (bicyclic) bond motifs is 1. The molecule has 1 aliphatic rings. The normalized spacial score (nSPS) is 20.8. The van der Waals surface area contributed by atoms with E-state index in [0.717, 1.165) is 45.8 Å². The van der Waals surface area contributed by atoms with Crippen LogP contribution in [0, 0.1) is 18.8 Å². The number of imidazole rings is 1. The molecule has 0 spiro atoms. The summed E-state index contributed by atoms with van der Waals surface area (Å²) in [5.41, 5.74) is 4.33. The van der Waals surface area contributed by atoms with E-state index in [2.05, 4.69) is 56.3 Å². The fraction of sp³-hybridized carbons (Fsp3) is 0.462. The number of hydrogen-bond donors (Lipinski definition) is 1. The van der Waals surface area contributed by atoms with Gasteiger partial charge in [0.1, 0.15) is 5.82 Å². The summed E-state index contributed by atoms with van der Waals surface area (Å²) in [5, 5.41) is 9.85. The lowest BCUT2D eigenvalue weighted by molar-refractivity contribution is -0.144. The molecule has 7 heteroatoms. The fourth-order valence-corrected chi connectivity index (χ4v) is 5.70. The van der Waals surface area contributed by atoms with Gasteiger partial charge in [-0.3, -0.25) is 4.79 Å². The molecule has 1 aromatic heterocycles. The van der Waals surface area contributed by atoms with E-state index in [9.17, 15) is 9.90 Å². The van der Waals surface area contributed by atoms with Gasteiger partial charge in [-0.1, -0.05) is 12.1 Å². The molecular weight excluding hydrogens is 434 g/mol. The summed E-state index contributed by atoms with van der Waals surface area (Å²) in [6.07, 6.45) is 2.59. The molecule has 0 saturated heterocycles. The fourth-order valence-electron chi connectivity index (χ4n) is 4.86. The lowest BCUT2D eigenvalue weighted by Crippen LogP contribution is -2.31. The Hall–Kier alpha value is -2.51. The molecule has 1 saturated carbocycles. The maximum Gasteiger partial charge on any atom is 0.307 e. The van der Waals surface area contributed by atoms with Crippen molar-refractivity contribution in [2.75, 3.05) is 24.6 Å². The Balaban J connectivity index is 1.44. The summed E-state index contributed by atoms with van der Waals surface area (Å²) < 4.78 is 9.79. The maximum atomic E-state index is 12.0. The minimum atomic E-state index is -0.696. The first-order valence-corrected chi connectivity index (χ1v) is 12.4.